The van der Waals surface area contributed by atoms with Crippen LogP contribution in [-0.4, -0.2) is 4.98 Å². The Morgan fingerprint density at radius 1 is 1.22 bits per heavy atom. The summed E-state index contributed by atoms with van der Waals surface area (Å²) in [6.07, 6.45) is 9.05. The van der Waals surface area contributed by atoms with E-state index in [0.717, 1.165) is 11.8 Å². The van der Waals surface area contributed by atoms with Gasteiger partial charge in [-0.1, -0.05) is 53.7 Å². The second kappa shape index (κ2) is 10.1. The van der Waals surface area contributed by atoms with Crippen molar-refractivity contribution in [1.82, 2.24) is 4.98 Å². The Bertz CT molecular complexity index is 454. The van der Waals surface area contributed by atoms with Gasteiger partial charge >= 0.3 is 0 Å². The molecule has 0 fully saturated rings. The van der Waals surface area contributed by atoms with Crippen LogP contribution < -0.4 is 9.88 Å². The lowest BCUT2D eigenvalue weighted by atomic mass is 9.98. The topological polar surface area (TPSA) is 12.9 Å². The molecule has 1 heterocycles. The fourth-order valence-corrected chi connectivity index (χ4v) is 2.36. The molecule has 0 spiro atoms. The Kier molecular flexibility index (Phi) is 9.57. The Hall–Kier alpha value is -0.890. The van der Waals surface area contributed by atoms with Crippen molar-refractivity contribution < 1.29 is 0 Å². The van der Waals surface area contributed by atoms with Gasteiger partial charge in [-0.2, -0.15) is 0 Å². The monoisotopic (exact) mass is 265 g/mol. The van der Waals surface area contributed by atoms with E-state index >= 15 is 0 Å². The summed E-state index contributed by atoms with van der Waals surface area (Å²) in [6, 6.07) is 0. The third-order valence-corrected chi connectivity index (χ3v) is 3.56. The first-order chi connectivity index (χ1) is 8.81. The SMILES string of the molecule is CC.CC.CCC(C)C1=CCC=c2ncsc2=C1. The summed E-state index contributed by atoms with van der Waals surface area (Å²) in [5.74, 6) is 0.663. The maximum atomic E-state index is 4.33. The quantitative estimate of drug-likeness (QED) is 0.783. The number of nitrogens with zero attached hydrogens (tertiary/aromatic N) is 1. The first kappa shape index (κ1) is 17.1. The van der Waals surface area contributed by atoms with Crippen molar-refractivity contribution in [2.24, 2.45) is 5.92 Å². The number of fused-ring (bicyclic) bond motifs is 1. The van der Waals surface area contributed by atoms with Crippen molar-refractivity contribution in [2.45, 2.75) is 54.4 Å². The molecule has 0 saturated heterocycles. The van der Waals surface area contributed by atoms with E-state index in [4.69, 9.17) is 0 Å². The van der Waals surface area contributed by atoms with Gasteiger partial charge in [-0.3, -0.25) is 0 Å². The molecular weight excluding hydrogens is 238 g/mol. The van der Waals surface area contributed by atoms with Gasteiger partial charge in [-0.05, 0) is 30.4 Å². The van der Waals surface area contributed by atoms with Gasteiger partial charge in [-0.25, -0.2) is 4.98 Å². The normalized spacial score (nSPS) is 14.0. The summed E-state index contributed by atoms with van der Waals surface area (Å²) < 4.78 is 1.31. The van der Waals surface area contributed by atoms with E-state index in [0.29, 0.717) is 5.92 Å². The summed E-state index contributed by atoms with van der Waals surface area (Å²) >= 11 is 1.73. The lowest BCUT2D eigenvalue weighted by molar-refractivity contribution is 0.675. The maximum Gasteiger partial charge on any atom is 0.0805 e. The number of allylic oxidation sites excluding steroid dienone is 2. The highest BCUT2D eigenvalue weighted by Gasteiger charge is 2.05. The van der Waals surface area contributed by atoms with Gasteiger partial charge in [0.2, 0.25) is 0 Å². The number of thiazole rings is 1. The number of hydrogen-bond acceptors (Lipinski definition) is 2. The average Bonchev–Trinajstić information content (AvgIpc) is 2.79. The van der Waals surface area contributed by atoms with Gasteiger partial charge in [0.1, 0.15) is 0 Å². The van der Waals surface area contributed by atoms with E-state index in [1.807, 2.05) is 33.2 Å². The number of rotatable bonds is 2. The molecule has 2 heteroatoms. The van der Waals surface area contributed by atoms with E-state index in [-0.39, 0.29) is 0 Å². The third-order valence-electron chi connectivity index (χ3n) is 2.77. The van der Waals surface area contributed by atoms with Crippen LogP contribution in [0.3, 0.4) is 0 Å². The molecule has 1 unspecified atom stereocenters. The minimum Gasteiger partial charge on any atom is -0.245 e. The van der Waals surface area contributed by atoms with Gasteiger partial charge in [0.05, 0.1) is 15.4 Å². The molecule has 0 amide bonds. The van der Waals surface area contributed by atoms with Crippen molar-refractivity contribution in [3.8, 4) is 0 Å². The summed E-state index contributed by atoms with van der Waals surface area (Å²) in [7, 11) is 0. The van der Waals surface area contributed by atoms with E-state index in [1.165, 1.54) is 16.5 Å². The van der Waals surface area contributed by atoms with Crippen LogP contribution in [0.4, 0.5) is 0 Å². The molecule has 2 rings (SSSR count). The van der Waals surface area contributed by atoms with Crippen molar-refractivity contribution in [3.05, 3.63) is 27.0 Å². The Labute approximate surface area is 116 Å². The van der Waals surface area contributed by atoms with Gasteiger partial charge < -0.3 is 0 Å². The van der Waals surface area contributed by atoms with Gasteiger partial charge in [0.15, 0.2) is 0 Å². The summed E-state index contributed by atoms with van der Waals surface area (Å²) in [6.45, 7) is 12.5. The number of aromatic nitrogens is 1. The maximum absolute atomic E-state index is 4.33. The second-order valence-electron chi connectivity index (χ2n) is 3.70. The van der Waals surface area contributed by atoms with Crippen LogP contribution in [-0.2, 0) is 0 Å². The standard InChI is InChI=1S/C12H15NS.2C2H6/c1-3-9(2)10-5-4-6-11-12(7-10)14-8-13-11;2*1-2/h5-9H,3-4H2,1-2H3;2*1-2H3. The summed E-state index contributed by atoms with van der Waals surface area (Å²) in [5.41, 5.74) is 3.39. The van der Waals surface area contributed by atoms with E-state index < -0.39 is 0 Å². The first-order valence-corrected chi connectivity index (χ1v) is 8.00. The van der Waals surface area contributed by atoms with Crippen LogP contribution in [0.5, 0.6) is 0 Å². The molecule has 1 nitrogen and oxygen atoms in total. The van der Waals surface area contributed by atoms with Crippen molar-refractivity contribution in [3.63, 3.8) is 0 Å². The summed E-state index contributed by atoms with van der Waals surface area (Å²) in [5, 5.41) is 1.16. The molecule has 102 valence electrons. The molecule has 1 atom stereocenters. The molecule has 18 heavy (non-hydrogen) atoms. The fourth-order valence-electron chi connectivity index (χ4n) is 1.62. The average molecular weight is 265 g/mol. The van der Waals surface area contributed by atoms with Gasteiger partial charge in [0, 0.05) is 0 Å². The van der Waals surface area contributed by atoms with Crippen LogP contribution in [0.25, 0.3) is 12.2 Å². The van der Waals surface area contributed by atoms with Crippen molar-refractivity contribution in [2.75, 3.05) is 0 Å². The molecule has 1 aliphatic carbocycles. The molecule has 0 aliphatic heterocycles. The molecule has 1 aromatic heterocycles. The van der Waals surface area contributed by atoms with Crippen LogP contribution >= 0.6 is 11.3 Å². The van der Waals surface area contributed by atoms with Crippen LogP contribution in [0.1, 0.15) is 54.4 Å². The zero-order valence-electron chi connectivity index (χ0n) is 12.7. The molecule has 1 aromatic rings. The van der Waals surface area contributed by atoms with Crippen LogP contribution in [0, 0.1) is 5.92 Å². The van der Waals surface area contributed by atoms with E-state index in [9.17, 15) is 0 Å². The lowest BCUT2D eigenvalue weighted by Gasteiger charge is -2.08. The van der Waals surface area contributed by atoms with Gasteiger partial charge in [-0.15, -0.1) is 11.3 Å². The molecule has 0 radical (unpaired) electrons. The van der Waals surface area contributed by atoms with Crippen molar-refractivity contribution >= 4 is 23.5 Å². The highest BCUT2D eigenvalue weighted by molar-refractivity contribution is 7.07. The molecule has 0 saturated carbocycles. The van der Waals surface area contributed by atoms with E-state index in [2.05, 4.69) is 37.1 Å². The van der Waals surface area contributed by atoms with Crippen molar-refractivity contribution in [1.29, 1.82) is 0 Å². The molecule has 1 aliphatic rings. The van der Waals surface area contributed by atoms with Crippen LogP contribution in [0.15, 0.2) is 17.2 Å². The lowest BCUT2D eigenvalue weighted by Crippen LogP contribution is -2.20. The first-order valence-electron chi connectivity index (χ1n) is 7.12. The Morgan fingerprint density at radius 3 is 2.50 bits per heavy atom. The smallest absolute Gasteiger partial charge is 0.0805 e. The second-order valence-corrected chi connectivity index (χ2v) is 4.59. The Balaban J connectivity index is 0.000000659. The molecule has 0 aromatic carbocycles. The predicted molar refractivity (Wildman–Crippen MR) is 85.1 cm³/mol. The molecule has 0 bridgehead atoms. The minimum atomic E-state index is 0.663. The molecular formula is C16H27NS. The highest BCUT2D eigenvalue weighted by atomic mass is 32.1. The third kappa shape index (κ3) is 4.77. The predicted octanol–water partition coefficient (Wildman–Crippen LogP) is 4.13. The van der Waals surface area contributed by atoms with Crippen LogP contribution in [0.2, 0.25) is 0 Å². The fraction of sp³-hybridized carbons (Fsp3) is 0.562. The minimum absolute atomic E-state index is 0.663. The van der Waals surface area contributed by atoms with E-state index in [1.54, 1.807) is 11.3 Å². The summed E-state index contributed by atoms with van der Waals surface area (Å²) in [4.78, 5) is 4.33. The molecule has 0 N–H and O–H groups in total. The zero-order chi connectivity index (χ0) is 14.0. The highest BCUT2D eigenvalue weighted by Crippen LogP contribution is 2.17. The largest absolute Gasteiger partial charge is 0.245 e. The number of hydrogen-bond donors (Lipinski definition) is 0. The zero-order valence-corrected chi connectivity index (χ0v) is 13.5. The van der Waals surface area contributed by atoms with Gasteiger partial charge in [0.25, 0.3) is 0 Å². The Morgan fingerprint density at radius 2 is 1.89 bits per heavy atom.